The van der Waals surface area contributed by atoms with Gasteiger partial charge in [-0.3, -0.25) is 9.59 Å². The Morgan fingerprint density at radius 1 is 1.38 bits per heavy atom. The fraction of sp³-hybridized carbons (Fsp3) is 0.421. The maximum Gasteiger partial charge on any atom is 0.230 e. The van der Waals surface area contributed by atoms with Crippen molar-refractivity contribution in [1.82, 2.24) is 4.98 Å². The molecule has 4 rings (SSSR count). The lowest BCUT2D eigenvalue weighted by atomic mass is 10.1. The van der Waals surface area contributed by atoms with E-state index in [2.05, 4.69) is 23.3 Å². The molecule has 1 aromatic heterocycles. The molecular weight excluding hydrogens is 370 g/mol. The molecule has 2 aliphatic rings. The van der Waals surface area contributed by atoms with Gasteiger partial charge in [0, 0.05) is 40.9 Å². The van der Waals surface area contributed by atoms with E-state index in [1.807, 2.05) is 22.4 Å². The van der Waals surface area contributed by atoms with Crippen molar-refractivity contribution in [1.29, 1.82) is 0 Å². The zero-order valence-electron chi connectivity index (χ0n) is 14.5. The van der Waals surface area contributed by atoms with Gasteiger partial charge in [0.2, 0.25) is 11.8 Å². The zero-order valence-corrected chi connectivity index (χ0v) is 16.1. The SMILES string of the molecule is C[C@@H]1Cc2cc(-c3csc(NC(=O)CCCl)n3)ccc2N1C(=O)C1CC1. The fourth-order valence-corrected chi connectivity index (χ4v) is 4.29. The standard InChI is InChI=1S/C19H20ClN3O2S/c1-11-8-14-9-13(4-5-16(14)23(11)18(25)12-2-3-12)15-10-26-19(21-15)22-17(24)6-7-20/h4-5,9-12H,2-3,6-8H2,1H3,(H,21,22,24)/t11-/m1/s1. The Morgan fingerprint density at radius 3 is 2.92 bits per heavy atom. The van der Waals surface area contributed by atoms with Crippen LogP contribution in [0.5, 0.6) is 0 Å². The molecule has 2 amide bonds. The summed E-state index contributed by atoms with van der Waals surface area (Å²) in [6.07, 6.45) is 3.18. The summed E-state index contributed by atoms with van der Waals surface area (Å²) in [5.41, 5.74) is 4.05. The van der Waals surface area contributed by atoms with Crippen LogP contribution in [-0.2, 0) is 16.0 Å². The number of alkyl halides is 1. The molecule has 1 N–H and O–H groups in total. The number of hydrogen-bond donors (Lipinski definition) is 1. The largest absolute Gasteiger partial charge is 0.309 e. The second-order valence-corrected chi connectivity index (χ2v) is 8.14. The van der Waals surface area contributed by atoms with Gasteiger partial charge in [-0.15, -0.1) is 22.9 Å². The predicted molar refractivity (Wildman–Crippen MR) is 105 cm³/mol. The molecule has 26 heavy (non-hydrogen) atoms. The molecule has 0 unspecified atom stereocenters. The lowest BCUT2D eigenvalue weighted by Crippen LogP contribution is -2.36. The number of benzene rings is 1. The van der Waals surface area contributed by atoms with Gasteiger partial charge >= 0.3 is 0 Å². The quantitative estimate of drug-likeness (QED) is 0.784. The Kier molecular flexibility index (Phi) is 4.71. The molecule has 0 saturated heterocycles. The van der Waals surface area contributed by atoms with Gasteiger partial charge in [0.1, 0.15) is 0 Å². The number of carbonyl (C=O) groups excluding carboxylic acids is 2. The third-order valence-electron chi connectivity index (χ3n) is 4.83. The van der Waals surface area contributed by atoms with Crippen molar-refractivity contribution >= 4 is 45.6 Å². The number of nitrogens with one attached hydrogen (secondary N) is 1. The highest BCUT2D eigenvalue weighted by molar-refractivity contribution is 7.14. The van der Waals surface area contributed by atoms with Crippen molar-refractivity contribution in [3.8, 4) is 11.3 Å². The maximum absolute atomic E-state index is 12.6. The van der Waals surface area contributed by atoms with E-state index in [4.69, 9.17) is 11.6 Å². The fourth-order valence-electron chi connectivity index (χ4n) is 3.38. The first-order valence-electron chi connectivity index (χ1n) is 8.84. The lowest BCUT2D eigenvalue weighted by Gasteiger charge is -2.22. The first-order chi connectivity index (χ1) is 12.6. The Balaban J connectivity index is 1.55. The van der Waals surface area contributed by atoms with Crippen LogP contribution in [0, 0.1) is 5.92 Å². The van der Waals surface area contributed by atoms with Crippen molar-refractivity contribution in [2.75, 3.05) is 16.1 Å². The number of amides is 2. The van der Waals surface area contributed by atoms with Crippen LogP contribution in [0.15, 0.2) is 23.6 Å². The lowest BCUT2D eigenvalue weighted by molar-refractivity contribution is -0.120. The minimum atomic E-state index is -0.127. The van der Waals surface area contributed by atoms with E-state index in [-0.39, 0.29) is 30.2 Å². The second-order valence-electron chi connectivity index (χ2n) is 6.90. The van der Waals surface area contributed by atoms with Crippen molar-refractivity contribution in [3.05, 3.63) is 29.1 Å². The Morgan fingerprint density at radius 2 is 2.19 bits per heavy atom. The Hall–Kier alpha value is -1.92. The number of halogens is 1. The highest BCUT2D eigenvalue weighted by Crippen LogP contribution is 2.40. The van der Waals surface area contributed by atoms with E-state index in [1.54, 1.807) is 0 Å². The number of fused-ring (bicyclic) bond motifs is 1. The molecule has 5 nitrogen and oxygen atoms in total. The number of hydrogen-bond acceptors (Lipinski definition) is 4. The van der Waals surface area contributed by atoms with Gasteiger partial charge in [-0.1, -0.05) is 6.07 Å². The molecule has 0 bridgehead atoms. The van der Waals surface area contributed by atoms with Crippen molar-refractivity contribution in [2.24, 2.45) is 5.92 Å². The van der Waals surface area contributed by atoms with Crippen LogP contribution in [0.2, 0.25) is 0 Å². The molecule has 1 aliphatic carbocycles. The van der Waals surface area contributed by atoms with E-state index >= 15 is 0 Å². The summed E-state index contributed by atoms with van der Waals surface area (Å²) in [5.74, 6) is 0.656. The Bertz CT molecular complexity index is 862. The van der Waals surface area contributed by atoms with Gasteiger partial charge in [0.25, 0.3) is 0 Å². The number of rotatable bonds is 5. The van der Waals surface area contributed by atoms with Crippen molar-refractivity contribution < 1.29 is 9.59 Å². The monoisotopic (exact) mass is 389 g/mol. The zero-order chi connectivity index (χ0) is 18.3. The van der Waals surface area contributed by atoms with Crippen molar-refractivity contribution in [2.45, 2.75) is 38.6 Å². The maximum atomic E-state index is 12.6. The van der Waals surface area contributed by atoms with Crippen LogP contribution < -0.4 is 10.2 Å². The average Bonchev–Trinajstić information content (AvgIpc) is 3.27. The normalized spacial score (nSPS) is 18.7. The summed E-state index contributed by atoms with van der Waals surface area (Å²) < 4.78 is 0. The summed E-state index contributed by atoms with van der Waals surface area (Å²) in [6.45, 7) is 2.10. The van der Waals surface area contributed by atoms with E-state index in [9.17, 15) is 9.59 Å². The van der Waals surface area contributed by atoms with E-state index in [0.717, 1.165) is 36.2 Å². The van der Waals surface area contributed by atoms with E-state index < -0.39 is 0 Å². The molecule has 1 saturated carbocycles. The van der Waals surface area contributed by atoms with Crippen LogP contribution in [0.4, 0.5) is 10.8 Å². The third kappa shape index (κ3) is 3.35. The molecule has 2 heterocycles. The molecule has 7 heteroatoms. The first kappa shape index (κ1) is 17.5. The topological polar surface area (TPSA) is 62.3 Å². The minimum Gasteiger partial charge on any atom is -0.309 e. The van der Waals surface area contributed by atoms with Gasteiger partial charge < -0.3 is 10.2 Å². The molecular formula is C19H20ClN3O2S. The second kappa shape index (κ2) is 7.00. The third-order valence-corrected chi connectivity index (χ3v) is 5.77. The molecule has 1 aliphatic heterocycles. The van der Waals surface area contributed by atoms with Crippen LogP contribution in [-0.4, -0.2) is 28.7 Å². The molecule has 0 spiro atoms. The number of nitrogens with zero attached hydrogens (tertiary/aromatic N) is 2. The Labute approximate surface area is 161 Å². The highest BCUT2D eigenvalue weighted by atomic mass is 35.5. The van der Waals surface area contributed by atoms with Gasteiger partial charge in [0.05, 0.1) is 5.69 Å². The van der Waals surface area contributed by atoms with Gasteiger partial charge in [-0.2, -0.15) is 0 Å². The summed E-state index contributed by atoms with van der Waals surface area (Å²) in [5, 5.41) is 5.28. The minimum absolute atomic E-state index is 0.127. The van der Waals surface area contributed by atoms with Gasteiger partial charge in [0.15, 0.2) is 5.13 Å². The number of thiazole rings is 1. The molecule has 1 atom stereocenters. The smallest absolute Gasteiger partial charge is 0.230 e. The number of aromatic nitrogens is 1. The van der Waals surface area contributed by atoms with Gasteiger partial charge in [-0.25, -0.2) is 4.98 Å². The number of anilines is 2. The van der Waals surface area contributed by atoms with Crippen LogP contribution in [0.1, 0.15) is 31.7 Å². The van der Waals surface area contributed by atoms with E-state index in [1.165, 1.54) is 16.9 Å². The number of carbonyl (C=O) groups is 2. The molecule has 136 valence electrons. The highest BCUT2D eigenvalue weighted by Gasteiger charge is 2.39. The summed E-state index contributed by atoms with van der Waals surface area (Å²) >= 11 is 6.98. The van der Waals surface area contributed by atoms with Crippen molar-refractivity contribution in [3.63, 3.8) is 0 Å². The van der Waals surface area contributed by atoms with Crippen LogP contribution in [0.25, 0.3) is 11.3 Å². The predicted octanol–water partition coefficient (Wildman–Crippen LogP) is 4.07. The molecule has 1 aromatic carbocycles. The van der Waals surface area contributed by atoms with Crippen LogP contribution >= 0.6 is 22.9 Å². The molecule has 0 radical (unpaired) electrons. The summed E-state index contributed by atoms with van der Waals surface area (Å²) in [7, 11) is 0. The first-order valence-corrected chi connectivity index (χ1v) is 10.3. The molecule has 2 aromatic rings. The average molecular weight is 390 g/mol. The van der Waals surface area contributed by atoms with Gasteiger partial charge in [-0.05, 0) is 43.9 Å². The van der Waals surface area contributed by atoms with Crippen LogP contribution in [0.3, 0.4) is 0 Å². The van der Waals surface area contributed by atoms with E-state index in [0.29, 0.717) is 11.0 Å². The molecule has 1 fully saturated rings. The summed E-state index contributed by atoms with van der Waals surface area (Å²) in [6, 6.07) is 6.35. The summed E-state index contributed by atoms with van der Waals surface area (Å²) in [4.78, 5) is 30.7.